The molecule has 0 saturated heterocycles. The van der Waals surface area contributed by atoms with Gasteiger partial charge in [-0.15, -0.1) is 0 Å². The Hall–Kier alpha value is -0.560. The second-order valence-corrected chi connectivity index (χ2v) is 6.70. The minimum absolute atomic E-state index is 0.568. The van der Waals surface area contributed by atoms with Crippen molar-refractivity contribution in [3.8, 4) is 0 Å². The molecule has 0 aromatic carbocycles. The molecule has 0 N–H and O–H groups in total. The lowest BCUT2D eigenvalue weighted by Crippen LogP contribution is -2.28. The highest BCUT2D eigenvalue weighted by Gasteiger charge is 2.30. The van der Waals surface area contributed by atoms with Crippen LogP contribution in [0.3, 0.4) is 0 Å². The van der Waals surface area contributed by atoms with E-state index in [0.717, 1.165) is 30.8 Å². The Bertz CT molecular complexity index is 291. The molecule has 0 aliphatic heterocycles. The molecule has 0 heterocycles. The normalized spacial score (nSPS) is 35.2. The third kappa shape index (κ3) is 4.77. The predicted molar refractivity (Wildman–Crippen MR) is 86.8 cm³/mol. The second kappa shape index (κ2) is 8.67. The molecule has 0 amide bonds. The summed E-state index contributed by atoms with van der Waals surface area (Å²) in [6.07, 6.45) is 19.2. The number of hydrogen-bond acceptors (Lipinski definition) is 1. The van der Waals surface area contributed by atoms with Crippen molar-refractivity contribution in [3.05, 3.63) is 24.8 Å². The summed E-state index contributed by atoms with van der Waals surface area (Å²) in [4.78, 5) is 0. The molecular formula is C19H32O. The van der Waals surface area contributed by atoms with E-state index in [1.165, 1.54) is 51.4 Å². The first-order chi connectivity index (χ1) is 9.83. The van der Waals surface area contributed by atoms with E-state index in [9.17, 15) is 0 Å². The van der Waals surface area contributed by atoms with Crippen LogP contribution in [0.5, 0.6) is 0 Å². The molecule has 1 nitrogen and oxygen atoms in total. The molecule has 20 heavy (non-hydrogen) atoms. The Morgan fingerprint density at radius 2 is 1.55 bits per heavy atom. The Labute approximate surface area is 125 Å². The lowest BCUT2D eigenvalue weighted by atomic mass is 9.70. The van der Waals surface area contributed by atoms with Gasteiger partial charge in [0.15, 0.2) is 0 Å². The van der Waals surface area contributed by atoms with Gasteiger partial charge in [0.05, 0.1) is 6.10 Å². The predicted octanol–water partition coefficient (Wildman–Crippen LogP) is 5.52. The first-order valence-electron chi connectivity index (χ1n) is 8.74. The molecule has 0 unspecified atom stereocenters. The topological polar surface area (TPSA) is 9.23 Å². The van der Waals surface area contributed by atoms with Gasteiger partial charge in [-0.25, -0.2) is 0 Å². The Balaban J connectivity index is 1.67. The van der Waals surface area contributed by atoms with Gasteiger partial charge in [-0.3, -0.25) is 0 Å². The fraction of sp³-hybridized carbons (Fsp3) is 0.789. The van der Waals surface area contributed by atoms with Crippen LogP contribution in [-0.4, -0.2) is 12.7 Å². The minimum atomic E-state index is 0.568. The summed E-state index contributed by atoms with van der Waals surface area (Å²) in [6.45, 7) is 6.92. The minimum Gasteiger partial charge on any atom is -0.378 e. The van der Waals surface area contributed by atoms with Crippen LogP contribution >= 0.6 is 0 Å². The van der Waals surface area contributed by atoms with Gasteiger partial charge in [-0.05, 0) is 75.5 Å². The Morgan fingerprint density at radius 3 is 2.10 bits per heavy atom. The van der Waals surface area contributed by atoms with E-state index in [0.29, 0.717) is 6.10 Å². The van der Waals surface area contributed by atoms with Gasteiger partial charge >= 0.3 is 0 Å². The average molecular weight is 276 g/mol. The van der Waals surface area contributed by atoms with Crippen molar-refractivity contribution >= 4 is 0 Å². The third-order valence-corrected chi connectivity index (χ3v) is 5.28. The Morgan fingerprint density at radius 1 is 0.950 bits per heavy atom. The van der Waals surface area contributed by atoms with Crippen LogP contribution in [0.15, 0.2) is 24.8 Å². The van der Waals surface area contributed by atoms with Crippen LogP contribution in [0.4, 0.5) is 0 Å². The van der Waals surface area contributed by atoms with Crippen LogP contribution < -0.4 is 0 Å². The average Bonchev–Trinajstić information content (AvgIpc) is 2.52. The number of hydrogen-bond donors (Lipinski definition) is 0. The van der Waals surface area contributed by atoms with Crippen molar-refractivity contribution in [3.63, 3.8) is 0 Å². The third-order valence-electron chi connectivity index (χ3n) is 5.28. The highest BCUT2D eigenvalue weighted by molar-refractivity contribution is 5.01. The molecule has 0 spiro atoms. The summed E-state index contributed by atoms with van der Waals surface area (Å²) in [7, 11) is 0. The maximum atomic E-state index is 5.91. The van der Waals surface area contributed by atoms with Gasteiger partial charge in [0.1, 0.15) is 0 Å². The van der Waals surface area contributed by atoms with Crippen molar-refractivity contribution in [2.45, 2.75) is 70.8 Å². The maximum Gasteiger partial charge on any atom is 0.0575 e. The number of rotatable bonds is 6. The monoisotopic (exact) mass is 276 g/mol. The molecule has 114 valence electrons. The highest BCUT2D eigenvalue weighted by atomic mass is 16.5. The van der Waals surface area contributed by atoms with Gasteiger partial charge in [-0.1, -0.05) is 31.7 Å². The molecule has 0 atom stereocenters. The van der Waals surface area contributed by atoms with Gasteiger partial charge in [0.2, 0.25) is 0 Å². The van der Waals surface area contributed by atoms with Crippen molar-refractivity contribution in [1.29, 1.82) is 0 Å². The van der Waals surface area contributed by atoms with Gasteiger partial charge in [0, 0.05) is 6.61 Å². The first-order valence-corrected chi connectivity index (χ1v) is 8.74. The lowest BCUT2D eigenvalue weighted by Gasteiger charge is -2.37. The van der Waals surface area contributed by atoms with Crippen molar-refractivity contribution in [1.82, 2.24) is 0 Å². The number of ether oxygens (including phenoxy) is 1. The van der Waals surface area contributed by atoms with Crippen LogP contribution in [0.25, 0.3) is 0 Å². The molecule has 1 heteroatoms. The fourth-order valence-electron chi connectivity index (χ4n) is 4.06. The van der Waals surface area contributed by atoms with E-state index < -0.39 is 0 Å². The largest absolute Gasteiger partial charge is 0.378 e. The molecule has 0 bridgehead atoms. The van der Waals surface area contributed by atoms with E-state index in [2.05, 4.69) is 25.7 Å². The van der Waals surface area contributed by atoms with Crippen LogP contribution in [0.2, 0.25) is 0 Å². The molecular weight excluding hydrogens is 244 g/mol. The van der Waals surface area contributed by atoms with Gasteiger partial charge in [-0.2, -0.15) is 0 Å². The molecule has 2 aliphatic rings. The summed E-state index contributed by atoms with van der Waals surface area (Å²) in [5.74, 6) is 2.80. The summed E-state index contributed by atoms with van der Waals surface area (Å²) >= 11 is 0. The molecule has 0 aromatic heterocycles. The molecule has 0 aromatic rings. The maximum absolute atomic E-state index is 5.91. The first kappa shape index (κ1) is 15.8. The van der Waals surface area contributed by atoms with Crippen LogP contribution in [-0.2, 0) is 4.74 Å². The molecule has 2 aliphatic carbocycles. The zero-order valence-electron chi connectivity index (χ0n) is 13.2. The standard InChI is InChI=1S/C19H32O/c1-3-5-6-16-7-9-17(10-8-16)18-11-13-19(14-12-18)20-15-4-2/h3,5-6,16-19H,1,4,7-15H2,2H3/b6-5+. The summed E-state index contributed by atoms with van der Waals surface area (Å²) in [6, 6.07) is 0. The molecule has 2 fully saturated rings. The zero-order chi connectivity index (χ0) is 14.2. The van der Waals surface area contributed by atoms with Crippen LogP contribution in [0, 0.1) is 17.8 Å². The van der Waals surface area contributed by atoms with Gasteiger partial charge < -0.3 is 4.74 Å². The molecule has 0 radical (unpaired) electrons. The quantitative estimate of drug-likeness (QED) is 0.580. The van der Waals surface area contributed by atoms with E-state index in [4.69, 9.17) is 4.74 Å². The SMILES string of the molecule is C=C/C=C/C1CCC(C2CCC(OCCC)CC2)CC1. The van der Waals surface area contributed by atoms with Crippen molar-refractivity contribution in [2.24, 2.45) is 17.8 Å². The summed E-state index contributed by atoms with van der Waals surface area (Å²) < 4.78 is 5.91. The lowest BCUT2D eigenvalue weighted by molar-refractivity contribution is 0.00797. The van der Waals surface area contributed by atoms with E-state index >= 15 is 0 Å². The van der Waals surface area contributed by atoms with E-state index in [1.807, 2.05) is 6.08 Å². The van der Waals surface area contributed by atoms with Crippen LogP contribution in [0.1, 0.15) is 64.7 Å². The number of allylic oxidation sites excluding steroid dienone is 3. The highest BCUT2D eigenvalue weighted by Crippen LogP contribution is 2.40. The summed E-state index contributed by atoms with van der Waals surface area (Å²) in [5, 5.41) is 0. The van der Waals surface area contributed by atoms with Crippen molar-refractivity contribution < 1.29 is 4.74 Å². The summed E-state index contributed by atoms with van der Waals surface area (Å²) in [5.41, 5.74) is 0. The molecule has 2 saturated carbocycles. The second-order valence-electron chi connectivity index (χ2n) is 6.70. The molecule has 2 rings (SSSR count). The van der Waals surface area contributed by atoms with E-state index in [1.54, 1.807) is 0 Å². The van der Waals surface area contributed by atoms with Crippen molar-refractivity contribution in [2.75, 3.05) is 6.61 Å². The zero-order valence-corrected chi connectivity index (χ0v) is 13.2. The smallest absolute Gasteiger partial charge is 0.0575 e. The van der Waals surface area contributed by atoms with E-state index in [-0.39, 0.29) is 0 Å². The fourth-order valence-corrected chi connectivity index (χ4v) is 4.06. The Kier molecular flexibility index (Phi) is 6.86. The van der Waals surface area contributed by atoms with Gasteiger partial charge in [0.25, 0.3) is 0 Å².